The third-order valence-electron chi connectivity index (χ3n) is 9.07. The van der Waals surface area contributed by atoms with E-state index in [1.807, 2.05) is 44.2 Å². The molecule has 15 heteroatoms. The average molecular weight is 710 g/mol. The maximum absolute atomic E-state index is 14.3. The van der Waals surface area contributed by atoms with Gasteiger partial charge in [-0.25, -0.2) is 21.6 Å². The van der Waals surface area contributed by atoms with Crippen molar-refractivity contribution in [3.8, 4) is 0 Å². The van der Waals surface area contributed by atoms with E-state index in [0.29, 0.717) is 38.0 Å². The van der Waals surface area contributed by atoms with Crippen molar-refractivity contribution in [3.63, 3.8) is 0 Å². The summed E-state index contributed by atoms with van der Waals surface area (Å²) in [5.41, 5.74) is 0.772. The Morgan fingerprint density at radius 2 is 1.81 bits per heavy atom. The maximum atomic E-state index is 14.3. The van der Waals surface area contributed by atoms with Gasteiger partial charge in [0.2, 0.25) is 20.0 Å². The van der Waals surface area contributed by atoms with Crippen LogP contribution in [-0.4, -0.2) is 108 Å². The molecule has 2 heterocycles. The molecule has 0 aliphatic carbocycles. The van der Waals surface area contributed by atoms with Crippen LogP contribution in [0.15, 0.2) is 59.5 Å². The molecule has 2 aliphatic heterocycles. The standard InChI is InChI=1S/C33H50N4O9S2/c1-33(2,16-8-9-17-35-47(4,41)42)23-36(48(43,44)26-14-10-13-25(20-26)34-3)21-30(38)28(19-24-11-6-5-7-12-24)37(32(39)40)29-22-46-31-27(29)15-18-45-31/h5-7,10-14,20,27-31,34-35,38H,8-9,15-19,21-23H2,1-4H3,(H,39,40)/p-1/t27-,28-,29-,30+,31+/m0/s1. The van der Waals surface area contributed by atoms with E-state index in [-0.39, 0.29) is 43.5 Å². The molecule has 13 nitrogen and oxygen atoms in total. The Kier molecular flexibility index (Phi) is 12.9. The van der Waals surface area contributed by atoms with Crippen LogP contribution in [0, 0.1) is 11.3 Å². The summed E-state index contributed by atoms with van der Waals surface area (Å²) in [6.45, 7) is 4.23. The highest BCUT2D eigenvalue weighted by molar-refractivity contribution is 7.89. The van der Waals surface area contributed by atoms with Crippen LogP contribution in [0.4, 0.5) is 10.5 Å². The summed E-state index contributed by atoms with van der Waals surface area (Å²) in [6.07, 6.45) is 0.0909. The molecule has 1 amide bonds. The summed E-state index contributed by atoms with van der Waals surface area (Å²) in [5.74, 6) is -0.242. The lowest BCUT2D eigenvalue weighted by Gasteiger charge is -2.43. The fraction of sp³-hybridized carbons (Fsp3) is 0.606. The van der Waals surface area contributed by atoms with Gasteiger partial charge in [0.05, 0.1) is 42.6 Å². The molecule has 5 atom stereocenters. The van der Waals surface area contributed by atoms with E-state index in [9.17, 15) is 31.8 Å². The number of hydrogen-bond donors (Lipinski definition) is 3. The number of nitrogens with one attached hydrogen (secondary N) is 2. The van der Waals surface area contributed by atoms with Crippen LogP contribution in [0.1, 0.15) is 45.1 Å². The van der Waals surface area contributed by atoms with Gasteiger partial charge in [-0.15, -0.1) is 0 Å². The lowest BCUT2D eigenvalue weighted by molar-refractivity contribution is -0.273. The van der Waals surface area contributed by atoms with Crippen molar-refractivity contribution in [1.82, 2.24) is 13.9 Å². The summed E-state index contributed by atoms with van der Waals surface area (Å²) in [7, 11) is -5.82. The predicted molar refractivity (Wildman–Crippen MR) is 180 cm³/mol. The zero-order chi connectivity index (χ0) is 35.1. The molecular formula is C33H49N4O9S2-. The van der Waals surface area contributed by atoms with E-state index in [0.717, 1.165) is 16.7 Å². The van der Waals surface area contributed by atoms with Gasteiger partial charge in [0.25, 0.3) is 0 Å². The zero-order valence-electron chi connectivity index (χ0n) is 28.1. The lowest BCUT2D eigenvalue weighted by Crippen LogP contribution is -2.61. The summed E-state index contributed by atoms with van der Waals surface area (Å²) in [4.78, 5) is 14.0. The molecule has 0 spiro atoms. The largest absolute Gasteiger partial charge is 0.530 e. The number of ether oxygens (including phenoxy) is 2. The third-order valence-corrected chi connectivity index (χ3v) is 11.6. The highest BCUT2D eigenvalue weighted by Crippen LogP contribution is 2.36. The van der Waals surface area contributed by atoms with Crippen molar-refractivity contribution in [3.05, 3.63) is 60.2 Å². The third kappa shape index (κ3) is 10.1. The molecule has 0 bridgehead atoms. The molecule has 0 unspecified atom stereocenters. The highest BCUT2D eigenvalue weighted by atomic mass is 32.2. The lowest BCUT2D eigenvalue weighted by atomic mass is 9.87. The van der Waals surface area contributed by atoms with Crippen LogP contribution in [0.25, 0.3) is 0 Å². The molecular weight excluding hydrogens is 661 g/mol. The smallest absolute Gasteiger partial charge is 0.243 e. The highest BCUT2D eigenvalue weighted by Gasteiger charge is 2.47. The molecule has 4 rings (SSSR count). The van der Waals surface area contributed by atoms with Gasteiger partial charge < -0.3 is 34.7 Å². The van der Waals surface area contributed by atoms with E-state index in [1.165, 1.54) is 16.4 Å². The SMILES string of the molecule is CNc1cccc(S(=O)(=O)N(C[C@@H](O)[C@H](Cc2ccccc2)N(C(=O)[O-])[C@H]2CO[C@H]3OCC[C@H]32)CC(C)(C)CCCCNS(C)(=O)=O)c1. The van der Waals surface area contributed by atoms with E-state index in [2.05, 4.69) is 10.0 Å². The Hall–Kier alpha value is -2.79. The van der Waals surface area contributed by atoms with Crippen LogP contribution in [0.2, 0.25) is 0 Å². The van der Waals surface area contributed by atoms with Gasteiger partial charge in [-0.05, 0) is 54.9 Å². The molecule has 48 heavy (non-hydrogen) atoms. The Balaban J connectivity index is 1.65. The molecule has 2 saturated heterocycles. The van der Waals surface area contributed by atoms with Gasteiger partial charge in [0.15, 0.2) is 6.29 Å². The quantitative estimate of drug-likeness (QED) is 0.194. The molecule has 0 saturated carbocycles. The van der Waals surface area contributed by atoms with Gasteiger partial charge in [0, 0.05) is 38.3 Å². The number of aliphatic hydroxyl groups excluding tert-OH is 1. The minimum atomic E-state index is -4.19. The summed E-state index contributed by atoms with van der Waals surface area (Å²) in [6, 6.07) is 13.8. The Bertz CT molecular complexity index is 1570. The van der Waals surface area contributed by atoms with E-state index < -0.39 is 56.0 Å². The molecule has 0 aromatic heterocycles. The van der Waals surface area contributed by atoms with Crippen molar-refractivity contribution in [2.45, 2.75) is 75.3 Å². The second-order valence-corrected chi connectivity index (χ2v) is 17.2. The van der Waals surface area contributed by atoms with Crippen LogP contribution in [0.5, 0.6) is 0 Å². The summed E-state index contributed by atoms with van der Waals surface area (Å²) in [5, 5.41) is 27.8. The number of anilines is 1. The van der Waals surface area contributed by atoms with Crippen molar-refractivity contribution < 1.29 is 41.3 Å². The zero-order valence-corrected chi connectivity index (χ0v) is 29.7. The fourth-order valence-corrected chi connectivity index (χ4v) is 8.81. The molecule has 2 aromatic rings. The minimum Gasteiger partial charge on any atom is -0.530 e. The fourth-order valence-electron chi connectivity index (χ4n) is 6.60. The van der Waals surface area contributed by atoms with Crippen LogP contribution in [-0.2, 0) is 35.9 Å². The van der Waals surface area contributed by atoms with Crippen molar-refractivity contribution in [2.75, 3.05) is 51.5 Å². The van der Waals surface area contributed by atoms with Crippen LogP contribution < -0.4 is 15.1 Å². The number of benzene rings is 2. The first-order chi connectivity index (χ1) is 22.6. The second kappa shape index (κ2) is 16.3. The van der Waals surface area contributed by atoms with Crippen molar-refractivity contribution in [1.29, 1.82) is 0 Å². The summed E-state index contributed by atoms with van der Waals surface area (Å²) < 4.78 is 66.7. The Morgan fingerprint density at radius 1 is 1.08 bits per heavy atom. The van der Waals surface area contributed by atoms with E-state index in [4.69, 9.17) is 9.47 Å². The number of fused-ring (bicyclic) bond motifs is 1. The summed E-state index contributed by atoms with van der Waals surface area (Å²) >= 11 is 0. The predicted octanol–water partition coefficient (Wildman–Crippen LogP) is 1.84. The second-order valence-electron chi connectivity index (χ2n) is 13.5. The number of hydrogen-bond acceptors (Lipinski definition) is 10. The maximum Gasteiger partial charge on any atom is 0.243 e. The Morgan fingerprint density at radius 3 is 2.48 bits per heavy atom. The first kappa shape index (κ1) is 38.0. The van der Waals surface area contributed by atoms with Gasteiger partial charge in [0.1, 0.15) is 6.09 Å². The monoisotopic (exact) mass is 709 g/mol. The molecule has 268 valence electrons. The van der Waals surface area contributed by atoms with Gasteiger partial charge in [-0.2, -0.15) is 4.31 Å². The topological polar surface area (TPSA) is 178 Å². The van der Waals surface area contributed by atoms with Crippen molar-refractivity contribution in [2.24, 2.45) is 11.3 Å². The molecule has 2 aromatic carbocycles. The molecule has 0 radical (unpaired) electrons. The minimum absolute atomic E-state index is 0.0180. The number of rotatable bonds is 18. The first-order valence-corrected chi connectivity index (χ1v) is 19.6. The first-order valence-electron chi connectivity index (χ1n) is 16.3. The number of carboxylic acid groups (broad SMARTS) is 1. The number of unbranched alkanes of at least 4 members (excludes halogenated alkanes) is 1. The van der Waals surface area contributed by atoms with Gasteiger partial charge in [-0.3, -0.25) is 0 Å². The number of carbonyl (C=O) groups excluding carboxylic acids is 1. The number of sulfonamides is 2. The molecule has 2 aliphatic rings. The van der Waals surface area contributed by atoms with Crippen LogP contribution in [0.3, 0.4) is 0 Å². The van der Waals surface area contributed by atoms with Crippen LogP contribution >= 0.6 is 0 Å². The number of carbonyl (C=O) groups is 1. The van der Waals surface area contributed by atoms with E-state index >= 15 is 0 Å². The number of aliphatic hydroxyl groups is 1. The van der Waals surface area contributed by atoms with Crippen molar-refractivity contribution >= 4 is 31.8 Å². The number of nitrogens with zero attached hydrogens (tertiary/aromatic N) is 2. The molecule has 2 fully saturated rings. The average Bonchev–Trinajstić information content (AvgIpc) is 3.65. The van der Waals surface area contributed by atoms with Gasteiger partial charge in [-0.1, -0.05) is 56.7 Å². The molecule has 3 N–H and O–H groups in total. The normalized spacial score (nSPS) is 21.2. The number of amides is 1. The Labute approximate surface area is 284 Å². The van der Waals surface area contributed by atoms with E-state index in [1.54, 1.807) is 19.2 Å². The van der Waals surface area contributed by atoms with Gasteiger partial charge >= 0.3 is 0 Å².